The SMILES string of the molecule is CC1CN(c2cc(N)ccn2)Cc2ccccc21. The molecule has 3 nitrogen and oxygen atoms in total. The van der Waals surface area contributed by atoms with Gasteiger partial charge in [-0.3, -0.25) is 0 Å². The normalized spacial score (nSPS) is 18.5. The number of nitrogens with zero attached hydrogens (tertiary/aromatic N) is 2. The molecule has 0 spiro atoms. The molecule has 3 rings (SSSR count). The van der Waals surface area contributed by atoms with Crippen molar-refractivity contribution >= 4 is 11.5 Å². The van der Waals surface area contributed by atoms with E-state index in [2.05, 4.69) is 41.1 Å². The molecule has 0 aliphatic carbocycles. The molecule has 18 heavy (non-hydrogen) atoms. The van der Waals surface area contributed by atoms with Crippen LogP contribution in [0.15, 0.2) is 42.6 Å². The Hall–Kier alpha value is -2.03. The second-order valence-corrected chi connectivity index (χ2v) is 4.93. The number of fused-ring (bicyclic) bond motifs is 1. The van der Waals surface area contributed by atoms with Crippen molar-refractivity contribution < 1.29 is 0 Å². The average molecular weight is 239 g/mol. The molecule has 2 heterocycles. The monoisotopic (exact) mass is 239 g/mol. The zero-order valence-corrected chi connectivity index (χ0v) is 10.5. The lowest BCUT2D eigenvalue weighted by molar-refractivity contribution is 0.634. The van der Waals surface area contributed by atoms with Gasteiger partial charge in [-0.25, -0.2) is 4.98 Å². The fourth-order valence-corrected chi connectivity index (χ4v) is 2.64. The fraction of sp³-hybridized carbons (Fsp3) is 0.267. The molecule has 0 saturated carbocycles. The van der Waals surface area contributed by atoms with Crippen LogP contribution in [-0.4, -0.2) is 11.5 Å². The highest BCUT2D eigenvalue weighted by atomic mass is 15.2. The van der Waals surface area contributed by atoms with Crippen molar-refractivity contribution in [2.24, 2.45) is 0 Å². The predicted octanol–water partition coefficient (Wildman–Crippen LogP) is 2.79. The molecule has 1 aromatic heterocycles. The zero-order chi connectivity index (χ0) is 12.5. The molecule has 2 aromatic rings. The minimum Gasteiger partial charge on any atom is -0.399 e. The maximum Gasteiger partial charge on any atom is 0.130 e. The van der Waals surface area contributed by atoms with Crippen molar-refractivity contribution in [1.29, 1.82) is 0 Å². The molecule has 2 N–H and O–H groups in total. The summed E-state index contributed by atoms with van der Waals surface area (Å²) in [6.45, 7) is 4.17. The van der Waals surface area contributed by atoms with E-state index in [1.165, 1.54) is 11.1 Å². The van der Waals surface area contributed by atoms with E-state index >= 15 is 0 Å². The number of nitrogens with two attached hydrogens (primary N) is 1. The van der Waals surface area contributed by atoms with Gasteiger partial charge in [0.05, 0.1) is 0 Å². The Morgan fingerprint density at radius 1 is 1.28 bits per heavy atom. The Bertz CT molecular complexity index is 565. The van der Waals surface area contributed by atoms with E-state index in [9.17, 15) is 0 Å². The summed E-state index contributed by atoms with van der Waals surface area (Å²) in [5, 5.41) is 0. The molecule has 0 amide bonds. The number of aromatic nitrogens is 1. The smallest absolute Gasteiger partial charge is 0.130 e. The minimum atomic E-state index is 0.526. The molecule has 0 bridgehead atoms. The number of rotatable bonds is 1. The Labute approximate surface area is 107 Å². The first kappa shape index (κ1) is 11.1. The summed E-state index contributed by atoms with van der Waals surface area (Å²) in [6, 6.07) is 12.4. The van der Waals surface area contributed by atoms with Gasteiger partial charge in [0, 0.05) is 31.0 Å². The molecule has 3 heteroatoms. The first-order valence-electron chi connectivity index (χ1n) is 6.28. The van der Waals surface area contributed by atoms with Gasteiger partial charge >= 0.3 is 0 Å². The number of anilines is 2. The number of hydrogen-bond acceptors (Lipinski definition) is 3. The molecule has 1 aliphatic rings. The van der Waals surface area contributed by atoms with Crippen LogP contribution in [0.4, 0.5) is 11.5 Å². The first-order valence-corrected chi connectivity index (χ1v) is 6.28. The summed E-state index contributed by atoms with van der Waals surface area (Å²) >= 11 is 0. The van der Waals surface area contributed by atoms with Crippen molar-refractivity contribution in [3.05, 3.63) is 53.7 Å². The summed E-state index contributed by atoms with van der Waals surface area (Å²) < 4.78 is 0. The maximum atomic E-state index is 5.83. The van der Waals surface area contributed by atoms with Gasteiger partial charge in [-0.15, -0.1) is 0 Å². The predicted molar refractivity (Wildman–Crippen MR) is 74.6 cm³/mol. The molecule has 1 atom stereocenters. The highest BCUT2D eigenvalue weighted by molar-refractivity contribution is 5.52. The van der Waals surface area contributed by atoms with Crippen LogP contribution < -0.4 is 10.6 Å². The van der Waals surface area contributed by atoms with Gasteiger partial charge in [-0.2, -0.15) is 0 Å². The second kappa shape index (κ2) is 4.33. The van der Waals surface area contributed by atoms with Crippen molar-refractivity contribution in [3.8, 4) is 0 Å². The van der Waals surface area contributed by atoms with Crippen molar-refractivity contribution in [1.82, 2.24) is 4.98 Å². The van der Waals surface area contributed by atoms with E-state index in [1.54, 1.807) is 6.20 Å². The van der Waals surface area contributed by atoms with Crippen molar-refractivity contribution in [2.45, 2.75) is 19.4 Å². The lowest BCUT2D eigenvalue weighted by atomic mass is 9.91. The molecule has 0 radical (unpaired) electrons. The van der Waals surface area contributed by atoms with Gasteiger partial charge in [0.25, 0.3) is 0 Å². The summed E-state index contributed by atoms with van der Waals surface area (Å²) in [5.41, 5.74) is 9.44. The van der Waals surface area contributed by atoms with Crippen molar-refractivity contribution in [2.75, 3.05) is 17.2 Å². The van der Waals surface area contributed by atoms with E-state index in [0.29, 0.717) is 5.92 Å². The van der Waals surface area contributed by atoms with Crippen LogP contribution in [0.3, 0.4) is 0 Å². The minimum absolute atomic E-state index is 0.526. The van der Waals surface area contributed by atoms with Crippen LogP contribution in [0.5, 0.6) is 0 Å². The first-order chi connectivity index (χ1) is 8.74. The molecule has 92 valence electrons. The fourth-order valence-electron chi connectivity index (χ4n) is 2.64. The topological polar surface area (TPSA) is 42.1 Å². The molecular weight excluding hydrogens is 222 g/mol. The van der Waals surface area contributed by atoms with E-state index in [-0.39, 0.29) is 0 Å². The van der Waals surface area contributed by atoms with Gasteiger partial charge in [0.15, 0.2) is 0 Å². The zero-order valence-electron chi connectivity index (χ0n) is 10.5. The van der Waals surface area contributed by atoms with Crippen LogP contribution in [0.2, 0.25) is 0 Å². The van der Waals surface area contributed by atoms with Gasteiger partial charge < -0.3 is 10.6 Å². The third-order valence-corrected chi connectivity index (χ3v) is 3.54. The Kier molecular flexibility index (Phi) is 2.67. The van der Waals surface area contributed by atoms with Crippen molar-refractivity contribution in [3.63, 3.8) is 0 Å². The lowest BCUT2D eigenvalue weighted by Gasteiger charge is -2.34. The average Bonchev–Trinajstić information content (AvgIpc) is 2.39. The van der Waals surface area contributed by atoms with Gasteiger partial charge in [-0.05, 0) is 23.1 Å². The highest BCUT2D eigenvalue weighted by Gasteiger charge is 2.22. The Morgan fingerprint density at radius 2 is 2.11 bits per heavy atom. The summed E-state index contributed by atoms with van der Waals surface area (Å²) in [6.07, 6.45) is 1.77. The van der Waals surface area contributed by atoms with Gasteiger partial charge in [0.1, 0.15) is 5.82 Å². The third kappa shape index (κ3) is 1.92. The van der Waals surface area contributed by atoms with Gasteiger partial charge in [-0.1, -0.05) is 31.2 Å². The van der Waals surface area contributed by atoms with Crippen LogP contribution >= 0.6 is 0 Å². The number of nitrogen functional groups attached to an aromatic ring is 1. The standard InChI is InChI=1S/C15H17N3/c1-11-9-18(15-8-13(16)6-7-17-15)10-12-4-2-3-5-14(11)12/h2-8,11H,9-10H2,1H3,(H2,16,17). The van der Waals surface area contributed by atoms with Crippen LogP contribution in [0, 0.1) is 0 Å². The number of hydrogen-bond donors (Lipinski definition) is 1. The van der Waals surface area contributed by atoms with E-state index < -0.39 is 0 Å². The van der Waals surface area contributed by atoms with E-state index in [0.717, 1.165) is 24.6 Å². The summed E-state index contributed by atoms with van der Waals surface area (Å²) in [4.78, 5) is 6.71. The largest absolute Gasteiger partial charge is 0.399 e. The lowest BCUT2D eigenvalue weighted by Crippen LogP contribution is -2.33. The number of benzene rings is 1. The number of pyridine rings is 1. The summed E-state index contributed by atoms with van der Waals surface area (Å²) in [7, 11) is 0. The molecule has 0 saturated heterocycles. The van der Waals surface area contributed by atoms with Gasteiger partial charge in [0.2, 0.25) is 0 Å². The Balaban J connectivity index is 1.94. The maximum absolute atomic E-state index is 5.83. The van der Waals surface area contributed by atoms with Crippen LogP contribution in [0.25, 0.3) is 0 Å². The molecular formula is C15H17N3. The molecule has 1 unspecified atom stereocenters. The highest BCUT2D eigenvalue weighted by Crippen LogP contribution is 2.30. The van der Waals surface area contributed by atoms with Crippen LogP contribution in [-0.2, 0) is 6.54 Å². The molecule has 1 aliphatic heterocycles. The third-order valence-electron chi connectivity index (χ3n) is 3.54. The summed E-state index contributed by atoms with van der Waals surface area (Å²) in [5.74, 6) is 1.49. The Morgan fingerprint density at radius 3 is 2.94 bits per heavy atom. The molecule has 0 fully saturated rings. The van der Waals surface area contributed by atoms with Crippen LogP contribution in [0.1, 0.15) is 24.0 Å². The molecule has 1 aromatic carbocycles. The second-order valence-electron chi connectivity index (χ2n) is 4.93. The van der Waals surface area contributed by atoms with E-state index in [4.69, 9.17) is 5.73 Å². The quantitative estimate of drug-likeness (QED) is 0.832. The van der Waals surface area contributed by atoms with E-state index in [1.807, 2.05) is 12.1 Å².